The van der Waals surface area contributed by atoms with Crippen LogP contribution in [-0.2, 0) is 28.3 Å². The number of rotatable bonds is 0. The van der Waals surface area contributed by atoms with Gasteiger partial charge in [-0.1, -0.05) is 0 Å². The second kappa shape index (κ2) is 24.0. The van der Waals surface area contributed by atoms with Gasteiger partial charge in [0.05, 0.1) is 0 Å². The van der Waals surface area contributed by atoms with Crippen molar-refractivity contribution in [1.29, 1.82) is 0 Å². The van der Waals surface area contributed by atoms with Crippen molar-refractivity contribution in [2.24, 2.45) is 0 Å². The summed E-state index contributed by atoms with van der Waals surface area (Å²) in [6, 6.07) is 0. The van der Waals surface area contributed by atoms with E-state index in [9.17, 15) is 0 Å². The molecule has 0 aromatic heterocycles. The molecule has 0 aliphatic heterocycles. The molecule has 0 amide bonds. The summed E-state index contributed by atoms with van der Waals surface area (Å²) in [5.41, 5.74) is 0. The van der Waals surface area contributed by atoms with Gasteiger partial charge in [0.15, 0.2) is 0 Å². The van der Waals surface area contributed by atoms with Crippen molar-refractivity contribution in [3.63, 3.8) is 0 Å². The van der Waals surface area contributed by atoms with Crippen molar-refractivity contribution in [2.45, 2.75) is 0 Å². The zero-order valence-corrected chi connectivity index (χ0v) is 5.56. The van der Waals surface area contributed by atoms with Crippen molar-refractivity contribution >= 4 is 126 Å². The normalized spacial score (nSPS) is 5.64. The molecule has 0 spiro atoms. The van der Waals surface area contributed by atoms with Gasteiger partial charge in [-0.05, 0) is 0 Å². The third-order valence-corrected chi connectivity index (χ3v) is 0. The molecule has 0 heterocycles. The van der Waals surface area contributed by atoms with Crippen LogP contribution in [0.3, 0.4) is 0 Å². The molecule has 0 rings (SSSR count). The maximum absolute atomic E-state index is 8.88. The van der Waals surface area contributed by atoms with E-state index in [1.165, 1.54) is 0 Å². The SMILES string of the molecule is O=P(O)(O)O.[NaH].[NaH].[NaH].[NaH].[O]=[Ti]. The zero-order chi connectivity index (χ0) is 6.50. The minimum absolute atomic E-state index is 0. The molecule has 50 valence electrons. The summed E-state index contributed by atoms with van der Waals surface area (Å²) in [5.74, 6) is 0. The van der Waals surface area contributed by atoms with Crippen molar-refractivity contribution < 1.29 is 43.0 Å². The van der Waals surface area contributed by atoms with Gasteiger partial charge in [0.25, 0.3) is 0 Å². The first-order valence-electron chi connectivity index (χ1n) is 0.987. The van der Waals surface area contributed by atoms with Gasteiger partial charge in [0, 0.05) is 0 Å². The maximum atomic E-state index is 8.88. The number of phosphoric acid groups is 1. The second-order valence-electron chi connectivity index (χ2n) is 0.513. The van der Waals surface area contributed by atoms with E-state index in [4.69, 9.17) is 22.6 Å². The first-order valence-corrected chi connectivity index (χ1v) is 3.19. The quantitative estimate of drug-likeness (QED) is 0.307. The summed E-state index contributed by atoms with van der Waals surface area (Å²) in [6.45, 7) is 0. The first-order chi connectivity index (χ1) is 3.00. The van der Waals surface area contributed by atoms with Gasteiger partial charge in [-0.15, -0.1) is 0 Å². The fourth-order valence-electron chi connectivity index (χ4n) is 0. The summed E-state index contributed by atoms with van der Waals surface area (Å²) in [6.07, 6.45) is 0. The Morgan fingerprint density at radius 3 is 0.818 bits per heavy atom. The molecule has 0 unspecified atom stereocenters. The Balaban J connectivity index is -0.00000000972. The molecule has 5 nitrogen and oxygen atoms in total. The van der Waals surface area contributed by atoms with E-state index in [2.05, 4.69) is 0 Å². The number of hydrogen-bond donors (Lipinski definition) is 3. The topological polar surface area (TPSA) is 94.8 Å². The van der Waals surface area contributed by atoms with Crippen molar-refractivity contribution in [2.75, 3.05) is 0 Å². The van der Waals surface area contributed by atoms with Crippen molar-refractivity contribution in [3.05, 3.63) is 0 Å². The van der Waals surface area contributed by atoms with E-state index < -0.39 is 7.82 Å². The molecule has 11 heavy (non-hydrogen) atoms. The standard InChI is InChI=1S/4Na.H3O4P.O.Ti.4H/c;;;;1-5(2,3)4;;;;;;/h;;;;(H3,1,2,3,4);;;;;;. The van der Waals surface area contributed by atoms with Gasteiger partial charge in [-0.25, -0.2) is 4.57 Å². The van der Waals surface area contributed by atoms with Gasteiger partial charge in [-0.2, -0.15) is 0 Å². The van der Waals surface area contributed by atoms with Crippen molar-refractivity contribution in [3.8, 4) is 0 Å². The van der Waals surface area contributed by atoms with Crippen LogP contribution in [0.4, 0.5) is 0 Å². The van der Waals surface area contributed by atoms with Crippen LogP contribution in [0.5, 0.6) is 0 Å². The third kappa shape index (κ3) is 109. The molecule has 0 saturated carbocycles. The molecule has 0 aliphatic rings. The predicted octanol–water partition coefficient (Wildman–Crippen LogP) is -3.64. The van der Waals surface area contributed by atoms with Gasteiger partial charge in [0.2, 0.25) is 0 Å². The van der Waals surface area contributed by atoms with E-state index in [-0.39, 0.29) is 118 Å². The van der Waals surface area contributed by atoms with E-state index in [0.717, 1.165) is 20.4 Å². The van der Waals surface area contributed by atoms with Crippen LogP contribution in [0.1, 0.15) is 0 Å². The Labute approximate surface area is 165 Å². The van der Waals surface area contributed by atoms with E-state index in [1.807, 2.05) is 0 Å². The van der Waals surface area contributed by atoms with Gasteiger partial charge >= 0.3 is 150 Å². The van der Waals surface area contributed by atoms with Crippen LogP contribution in [-0.4, -0.2) is 133 Å². The first kappa shape index (κ1) is 36.1. The van der Waals surface area contributed by atoms with E-state index in [0.29, 0.717) is 0 Å². The predicted molar refractivity (Wildman–Crippen MR) is 43.5 cm³/mol. The summed E-state index contributed by atoms with van der Waals surface area (Å²) in [7, 11) is -4.64. The molecule has 11 heteroatoms. The zero-order valence-electron chi connectivity index (χ0n) is 3.11. The Hall–Kier alpha value is 4.62. The summed E-state index contributed by atoms with van der Waals surface area (Å²) in [5, 5.41) is 0. The van der Waals surface area contributed by atoms with Gasteiger partial charge in [-0.3, -0.25) is 0 Å². The van der Waals surface area contributed by atoms with Crippen LogP contribution in [0.2, 0.25) is 0 Å². The van der Waals surface area contributed by atoms with Crippen LogP contribution in [0.15, 0.2) is 0 Å². The molecule has 0 bridgehead atoms. The van der Waals surface area contributed by atoms with Crippen LogP contribution < -0.4 is 0 Å². The number of hydrogen-bond acceptors (Lipinski definition) is 2. The Kier molecular flexibility index (Phi) is 78.9. The van der Waals surface area contributed by atoms with Crippen LogP contribution >= 0.6 is 7.82 Å². The van der Waals surface area contributed by atoms with Gasteiger partial charge < -0.3 is 14.7 Å². The summed E-state index contributed by atoms with van der Waals surface area (Å²) >= 11 is 0.750. The molecule has 0 aromatic carbocycles. The molecule has 0 atom stereocenters. The van der Waals surface area contributed by atoms with Crippen LogP contribution in [0.25, 0.3) is 0 Å². The van der Waals surface area contributed by atoms with E-state index >= 15 is 0 Å². The molecule has 0 aliphatic carbocycles. The molecule has 3 N–H and O–H groups in total. The van der Waals surface area contributed by atoms with Crippen LogP contribution in [0, 0.1) is 0 Å². The average molecular weight is 258 g/mol. The minimum atomic E-state index is -4.64. The molecule has 0 fully saturated rings. The average Bonchev–Trinajstić information content (AvgIpc) is 1.36. The fraction of sp³-hybridized carbons (Fsp3) is 0. The van der Waals surface area contributed by atoms with E-state index in [1.54, 1.807) is 0 Å². The van der Waals surface area contributed by atoms with Gasteiger partial charge in [0.1, 0.15) is 0 Å². The monoisotopic (exact) mass is 258 g/mol. The molecule has 0 saturated heterocycles. The Morgan fingerprint density at radius 1 is 0.818 bits per heavy atom. The molecule has 0 radical (unpaired) electrons. The third-order valence-electron chi connectivity index (χ3n) is 0. The molecular formula is H7Na4O5PTi. The molecular weight excluding hydrogens is 251 g/mol. The Morgan fingerprint density at radius 2 is 0.818 bits per heavy atom. The second-order valence-corrected chi connectivity index (χ2v) is 1.54. The summed E-state index contributed by atoms with van der Waals surface area (Å²) < 4.78 is 17.1. The van der Waals surface area contributed by atoms with Crippen molar-refractivity contribution in [1.82, 2.24) is 0 Å². The Bertz CT molecular complexity index is 74.3. The molecule has 0 aromatic rings. The fourth-order valence-corrected chi connectivity index (χ4v) is 0. The summed E-state index contributed by atoms with van der Waals surface area (Å²) in [4.78, 5) is 21.6.